The molecular weight excluding hydrogens is 403 g/mol. The lowest BCUT2D eigenvalue weighted by atomic mass is 10.2. The van der Waals surface area contributed by atoms with Crippen molar-refractivity contribution in [3.8, 4) is 0 Å². The molecule has 10 heteroatoms. The summed E-state index contributed by atoms with van der Waals surface area (Å²) in [7, 11) is 2.18. The molecule has 0 atom stereocenters. The molecule has 0 saturated carbocycles. The first-order valence-electron chi connectivity index (χ1n) is 5.01. The number of benzene rings is 1. The quantitative estimate of drug-likeness (QED) is 0.715. The van der Waals surface area contributed by atoms with Gasteiger partial charge < -0.3 is 4.90 Å². The van der Waals surface area contributed by atoms with Gasteiger partial charge in [0, 0.05) is 22.2 Å². The summed E-state index contributed by atoms with van der Waals surface area (Å²) in [4.78, 5) is 12.3. The molecule has 4 nitrogen and oxygen atoms in total. The van der Waals surface area contributed by atoms with Crippen molar-refractivity contribution in [3.05, 3.63) is 27.2 Å². The minimum absolute atomic E-state index is 0.231. The van der Waals surface area contributed by atoms with E-state index in [1.54, 1.807) is 0 Å². The fourth-order valence-corrected chi connectivity index (χ4v) is 3.57. The van der Waals surface area contributed by atoms with Gasteiger partial charge >= 0.3 is 0 Å². The van der Waals surface area contributed by atoms with E-state index in [2.05, 4.69) is 15.9 Å². The van der Waals surface area contributed by atoms with E-state index >= 15 is 0 Å². The molecule has 0 radical (unpaired) electrons. The third kappa shape index (κ3) is 4.28. The third-order valence-electron chi connectivity index (χ3n) is 2.26. The van der Waals surface area contributed by atoms with Crippen LogP contribution in [0.1, 0.15) is 10.4 Å². The van der Waals surface area contributed by atoms with E-state index in [0.717, 1.165) is 18.0 Å². The number of carbonyl (C=O) groups is 1. The maximum atomic E-state index is 12.3. The Kier molecular flexibility index (Phi) is 5.77. The summed E-state index contributed by atoms with van der Waals surface area (Å²) in [6, 6.07) is 2.35. The molecule has 0 bridgehead atoms. The lowest BCUT2D eigenvalue weighted by molar-refractivity contribution is 0.0620. The van der Waals surface area contributed by atoms with Gasteiger partial charge in [-0.05, 0) is 12.1 Å². The summed E-state index contributed by atoms with van der Waals surface area (Å²) in [6.45, 7) is -0.801. The number of halogens is 5. The molecule has 0 saturated heterocycles. The summed E-state index contributed by atoms with van der Waals surface area (Å²) < 4.78 is 47.4. The summed E-state index contributed by atoms with van der Waals surface area (Å²) in [5.74, 6) is -0.835. The van der Waals surface area contributed by atoms with Crippen molar-refractivity contribution in [1.82, 2.24) is 4.90 Å². The van der Waals surface area contributed by atoms with Crippen LogP contribution < -0.4 is 0 Å². The van der Waals surface area contributed by atoms with Crippen LogP contribution in [-0.4, -0.2) is 39.2 Å². The first kappa shape index (κ1) is 17.6. The summed E-state index contributed by atoms with van der Waals surface area (Å²) in [5, 5.41) is -0.408. The van der Waals surface area contributed by atoms with Crippen LogP contribution in [0.3, 0.4) is 0 Å². The molecule has 0 unspecified atom stereocenters. The largest absolute Gasteiger partial charge is 0.336 e. The normalized spacial score (nSPS) is 11.8. The van der Waals surface area contributed by atoms with Crippen molar-refractivity contribution in [3.63, 3.8) is 0 Å². The van der Waals surface area contributed by atoms with Crippen LogP contribution >= 0.6 is 38.2 Å². The number of hydrogen-bond acceptors (Lipinski definition) is 3. The Hall–Kier alpha value is -0.440. The van der Waals surface area contributed by atoms with Crippen molar-refractivity contribution in [2.75, 3.05) is 13.6 Å². The smallest absolute Gasteiger partial charge is 0.262 e. The number of hydrogen-bond donors (Lipinski definition) is 0. The predicted octanol–water partition coefficient (Wildman–Crippen LogP) is 3.37. The van der Waals surface area contributed by atoms with Crippen molar-refractivity contribution in [1.29, 1.82) is 0 Å². The maximum absolute atomic E-state index is 12.3. The van der Waals surface area contributed by atoms with E-state index in [9.17, 15) is 22.0 Å². The van der Waals surface area contributed by atoms with E-state index in [-0.39, 0.29) is 10.0 Å². The van der Waals surface area contributed by atoms with Crippen LogP contribution in [-0.2, 0) is 9.05 Å². The molecule has 0 aliphatic carbocycles. The monoisotopic (exact) mass is 409 g/mol. The maximum Gasteiger partial charge on any atom is 0.262 e. The fourth-order valence-electron chi connectivity index (χ4n) is 1.39. The van der Waals surface area contributed by atoms with Crippen LogP contribution in [0.15, 0.2) is 21.5 Å². The number of amides is 1. The van der Waals surface area contributed by atoms with Gasteiger partial charge in [0.25, 0.3) is 21.4 Å². The molecule has 0 aliphatic rings. The molecule has 0 N–H and O–H groups in total. The van der Waals surface area contributed by atoms with Gasteiger partial charge in [-0.3, -0.25) is 4.79 Å². The highest BCUT2D eigenvalue weighted by Crippen LogP contribution is 2.32. The Bertz CT molecular complexity index is 640. The van der Waals surface area contributed by atoms with Gasteiger partial charge in [0.05, 0.1) is 17.1 Å². The van der Waals surface area contributed by atoms with Gasteiger partial charge in [0.15, 0.2) is 0 Å². The van der Waals surface area contributed by atoms with Crippen molar-refractivity contribution < 1.29 is 22.0 Å². The van der Waals surface area contributed by atoms with Crippen LogP contribution in [0.2, 0.25) is 5.02 Å². The van der Waals surface area contributed by atoms with Crippen LogP contribution in [0.5, 0.6) is 0 Å². The first-order valence-corrected chi connectivity index (χ1v) is 8.49. The average Bonchev–Trinajstić information content (AvgIpc) is 2.28. The molecule has 1 amide bonds. The number of rotatable bonds is 4. The van der Waals surface area contributed by atoms with Gasteiger partial charge in [0.2, 0.25) is 0 Å². The summed E-state index contributed by atoms with van der Waals surface area (Å²) in [5.41, 5.74) is -0.233. The molecule has 1 aromatic rings. The van der Waals surface area contributed by atoms with Gasteiger partial charge in [-0.25, -0.2) is 17.2 Å². The predicted molar refractivity (Wildman–Crippen MR) is 75.2 cm³/mol. The molecule has 1 rings (SSSR count). The van der Waals surface area contributed by atoms with Gasteiger partial charge in [-0.1, -0.05) is 27.5 Å². The van der Waals surface area contributed by atoms with Gasteiger partial charge in [-0.15, -0.1) is 0 Å². The number of nitrogens with zero attached hydrogens (tertiary/aromatic N) is 1. The second-order valence-corrected chi connectivity index (χ2v) is 7.61. The fraction of sp³-hybridized carbons (Fsp3) is 0.300. The molecule has 0 heterocycles. The van der Waals surface area contributed by atoms with Gasteiger partial charge in [-0.2, -0.15) is 0 Å². The van der Waals surface area contributed by atoms with Crippen molar-refractivity contribution in [2.45, 2.75) is 11.3 Å². The van der Waals surface area contributed by atoms with E-state index in [1.807, 2.05) is 0 Å². The highest BCUT2D eigenvalue weighted by Gasteiger charge is 2.24. The van der Waals surface area contributed by atoms with Crippen LogP contribution in [0.4, 0.5) is 8.78 Å². The highest BCUT2D eigenvalue weighted by molar-refractivity contribution is 9.10. The highest BCUT2D eigenvalue weighted by atomic mass is 79.9. The molecule has 0 aliphatic heterocycles. The van der Waals surface area contributed by atoms with E-state index in [4.69, 9.17) is 22.3 Å². The Morgan fingerprint density at radius 3 is 2.45 bits per heavy atom. The Labute approximate surface area is 132 Å². The topological polar surface area (TPSA) is 54.5 Å². The molecule has 0 fully saturated rings. The molecule has 0 spiro atoms. The Morgan fingerprint density at radius 2 is 2.00 bits per heavy atom. The van der Waals surface area contributed by atoms with Crippen LogP contribution in [0.25, 0.3) is 0 Å². The Morgan fingerprint density at radius 1 is 1.45 bits per heavy atom. The molecule has 112 valence electrons. The van der Waals surface area contributed by atoms with Crippen LogP contribution in [0, 0.1) is 0 Å². The molecule has 0 aromatic heterocycles. The zero-order chi connectivity index (χ0) is 15.7. The summed E-state index contributed by atoms with van der Waals surface area (Å²) >= 11 is 8.83. The molecular formula is C10H8BrCl2F2NO3S. The molecule has 20 heavy (non-hydrogen) atoms. The third-order valence-corrected chi connectivity index (χ3v) is 4.58. The minimum atomic E-state index is -4.17. The van der Waals surface area contributed by atoms with E-state index in [0.29, 0.717) is 0 Å². The zero-order valence-corrected chi connectivity index (χ0v) is 13.8. The van der Waals surface area contributed by atoms with Gasteiger partial charge in [0.1, 0.15) is 4.90 Å². The average molecular weight is 411 g/mol. The first-order chi connectivity index (χ1) is 9.04. The minimum Gasteiger partial charge on any atom is -0.336 e. The van der Waals surface area contributed by atoms with Crippen molar-refractivity contribution >= 4 is 53.2 Å². The summed E-state index contributed by atoms with van der Waals surface area (Å²) in [6.07, 6.45) is -2.72. The van der Waals surface area contributed by atoms with E-state index in [1.165, 1.54) is 6.07 Å². The molecule has 1 aromatic carbocycles. The SMILES string of the molecule is CN(CC(F)F)C(=O)c1cc(Br)cc(S(=O)(=O)Cl)c1Cl. The number of carbonyl (C=O) groups excluding carboxylic acids is 1. The second kappa shape index (κ2) is 6.55. The van der Waals surface area contributed by atoms with Crippen molar-refractivity contribution in [2.24, 2.45) is 0 Å². The lowest BCUT2D eigenvalue weighted by Crippen LogP contribution is -2.31. The lowest BCUT2D eigenvalue weighted by Gasteiger charge is -2.18. The zero-order valence-electron chi connectivity index (χ0n) is 9.91. The second-order valence-electron chi connectivity index (χ2n) is 3.78. The van der Waals surface area contributed by atoms with E-state index < -0.39 is 37.8 Å². The number of alkyl halides is 2. The standard InChI is InChI=1S/C10H8BrCl2F2NO3S/c1-16(4-8(14)15)10(17)6-2-5(11)3-7(9(6)12)20(13,18)19/h2-3,8H,4H2,1H3. The Balaban J connectivity index is 3.33.